The standard InChI is InChI=1S/C52H42N4O/c1-3-14-33(15-4-1)34-16-13-17-37(30-34)51-53-49-41-22-9-12-25-48(41)57-50(49)52(54-51)56-45-24-11-8-21-40(45)43-32-36(27-29-47(43)56)35-26-28-46-42(31-35)39-20-7-10-23-44(39)55(46)38-18-5-2-6-19-38/h2-3,5-18,20-27,29-32,38,41,46,48,52H,1,4,19,28H2,(H,53,54). The van der Waals surface area contributed by atoms with E-state index in [4.69, 9.17) is 9.73 Å². The maximum absolute atomic E-state index is 6.85. The number of nitrogens with zero attached hydrogens (tertiary/aromatic N) is 3. The van der Waals surface area contributed by atoms with Gasteiger partial charge < -0.3 is 19.5 Å². The van der Waals surface area contributed by atoms with Gasteiger partial charge in [0.25, 0.3) is 0 Å². The Bertz CT molecular complexity index is 2850. The van der Waals surface area contributed by atoms with Gasteiger partial charge in [0.15, 0.2) is 11.9 Å². The molecule has 5 aromatic rings. The highest BCUT2D eigenvalue weighted by Gasteiger charge is 2.43. The van der Waals surface area contributed by atoms with Crippen LogP contribution < -0.4 is 10.2 Å². The van der Waals surface area contributed by atoms with Crippen molar-refractivity contribution in [3.63, 3.8) is 0 Å². The molecule has 0 saturated carbocycles. The van der Waals surface area contributed by atoms with Gasteiger partial charge in [0, 0.05) is 27.6 Å². The zero-order chi connectivity index (χ0) is 37.5. The van der Waals surface area contributed by atoms with Crippen molar-refractivity contribution >= 4 is 50.0 Å². The van der Waals surface area contributed by atoms with Gasteiger partial charge in [-0.25, -0.2) is 4.99 Å². The summed E-state index contributed by atoms with van der Waals surface area (Å²) in [5, 5.41) is 6.24. The molecule has 5 atom stereocenters. The van der Waals surface area contributed by atoms with E-state index >= 15 is 0 Å². The number of aliphatic imine (C=N–C) groups is 1. The minimum atomic E-state index is -0.379. The van der Waals surface area contributed by atoms with E-state index in [1.165, 1.54) is 49.9 Å². The third-order valence-electron chi connectivity index (χ3n) is 12.8. The zero-order valence-corrected chi connectivity index (χ0v) is 31.6. The largest absolute Gasteiger partial charge is 0.483 e. The van der Waals surface area contributed by atoms with E-state index in [9.17, 15) is 0 Å². The molecule has 1 aromatic heterocycles. The third-order valence-corrected chi connectivity index (χ3v) is 12.8. The van der Waals surface area contributed by atoms with E-state index in [0.29, 0.717) is 12.1 Å². The summed E-state index contributed by atoms with van der Waals surface area (Å²) in [5.74, 6) is 1.86. The van der Waals surface area contributed by atoms with Crippen LogP contribution in [0.2, 0.25) is 0 Å². The van der Waals surface area contributed by atoms with Crippen LogP contribution in [-0.2, 0) is 4.74 Å². The second-order valence-corrected chi connectivity index (χ2v) is 16.0. The van der Waals surface area contributed by atoms with Gasteiger partial charge in [0.2, 0.25) is 0 Å². The molecule has 4 heterocycles. The maximum atomic E-state index is 6.85. The molecule has 1 N–H and O–H groups in total. The molecule has 0 saturated heterocycles. The third kappa shape index (κ3) is 5.18. The molecule has 4 aromatic carbocycles. The molecule has 57 heavy (non-hydrogen) atoms. The summed E-state index contributed by atoms with van der Waals surface area (Å²) >= 11 is 0. The Kier molecular flexibility index (Phi) is 7.44. The van der Waals surface area contributed by atoms with Crippen LogP contribution in [0.25, 0.3) is 38.5 Å². The molecule has 276 valence electrons. The number of hydrogen-bond acceptors (Lipinski definition) is 4. The molecular formula is C52H42N4O. The average Bonchev–Trinajstić information content (AvgIpc) is 3.94. The van der Waals surface area contributed by atoms with E-state index in [1.54, 1.807) is 0 Å². The second-order valence-electron chi connectivity index (χ2n) is 16.0. The van der Waals surface area contributed by atoms with E-state index in [-0.39, 0.29) is 18.2 Å². The normalized spacial score (nSPS) is 25.3. The van der Waals surface area contributed by atoms with Crippen molar-refractivity contribution in [1.82, 2.24) is 9.88 Å². The predicted molar refractivity (Wildman–Crippen MR) is 235 cm³/mol. The lowest BCUT2D eigenvalue weighted by atomic mass is 9.88. The lowest BCUT2D eigenvalue weighted by Gasteiger charge is -2.35. The molecule has 5 unspecified atom stereocenters. The molecule has 12 rings (SSSR count). The van der Waals surface area contributed by atoms with Crippen LogP contribution in [0.3, 0.4) is 0 Å². The molecule has 5 nitrogen and oxygen atoms in total. The number of anilines is 1. The first kappa shape index (κ1) is 32.6. The number of fused-ring (bicyclic) bond motifs is 8. The van der Waals surface area contributed by atoms with Gasteiger partial charge in [-0.05, 0) is 96.0 Å². The van der Waals surface area contributed by atoms with E-state index < -0.39 is 0 Å². The fourth-order valence-electron chi connectivity index (χ4n) is 10.2. The SMILES string of the molecule is C1=CCC(N2c3ccccc3C3=CC(c4ccc5c(c4)c4ccccc4n5C4N=C(c5cccc(C6=CCCC=C6)c5)NC5=C4OC4C=CC=CC54)=CCC32)C=C1. The lowest BCUT2D eigenvalue weighted by molar-refractivity contribution is 0.143. The number of allylic oxidation sites excluding steroid dienone is 10. The van der Waals surface area contributed by atoms with Crippen LogP contribution in [0.1, 0.15) is 54.1 Å². The molecule has 5 heteroatoms. The Morgan fingerprint density at radius 1 is 0.684 bits per heavy atom. The van der Waals surface area contributed by atoms with Gasteiger partial charge in [0.1, 0.15) is 11.9 Å². The summed E-state index contributed by atoms with van der Waals surface area (Å²) in [5.41, 5.74) is 13.6. The Hall–Kier alpha value is -6.59. The van der Waals surface area contributed by atoms with E-state index in [0.717, 1.165) is 59.6 Å². The van der Waals surface area contributed by atoms with Crippen LogP contribution >= 0.6 is 0 Å². The molecule has 3 aliphatic heterocycles. The highest BCUT2D eigenvalue weighted by molar-refractivity contribution is 6.10. The summed E-state index contributed by atoms with van der Waals surface area (Å²) in [6.07, 6.45) is 33.2. The van der Waals surface area contributed by atoms with Crippen molar-refractivity contribution in [3.05, 3.63) is 204 Å². The van der Waals surface area contributed by atoms with Crippen LogP contribution in [0.5, 0.6) is 0 Å². The van der Waals surface area contributed by atoms with Gasteiger partial charge in [-0.3, -0.25) is 0 Å². The highest BCUT2D eigenvalue weighted by atomic mass is 16.5. The molecule has 0 radical (unpaired) electrons. The number of para-hydroxylation sites is 2. The fraction of sp³-hybridized carbons (Fsp3) is 0.173. The Balaban J connectivity index is 0.972. The minimum absolute atomic E-state index is 0.0644. The molecule has 4 aliphatic carbocycles. The lowest BCUT2D eigenvalue weighted by Crippen LogP contribution is -2.40. The maximum Gasteiger partial charge on any atom is 0.187 e. The van der Waals surface area contributed by atoms with Crippen molar-refractivity contribution < 1.29 is 4.74 Å². The minimum Gasteiger partial charge on any atom is -0.483 e. The number of ether oxygens (including phenoxy) is 1. The Labute approximate surface area is 333 Å². The molecule has 7 aliphatic rings. The van der Waals surface area contributed by atoms with E-state index in [2.05, 4.69) is 185 Å². The second kappa shape index (κ2) is 13.0. The average molecular weight is 739 g/mol. The molecular weight excluding hydrogens is 697 g/mol. The molecule has 0 bridgehead atoms. The van der Waals surface area contributed by atoms with Crippen molar-refractivity contribution in [2.24, 2.45) is 10.9 Å². The Morgan fingerprint density at radius 2 is 1.54 bits per heavy atom. The van der Waals surface area contributed by atoms with Gasteiger partial charge in [0.05, 0.1) is 34.7 Å². The first-order chi connectivity index (χ1) is 28.3. The topological polar surface area (TPSA) is 41.8 Å². The predicted octanol–water partition coefficient (Wildman–Crippen LogP) is 11.4. The van der Waals surface area contributed by atoms with Crippen LogP contribution in [0.4, 0.5) is 5.69 Å². The first-order valence-electron chi connectivity index (χ1n) is 20.5. The number of amidine groups is 1. The summed E-state index contributed by atoms with van der Waals surface area (Å²) in [7, 11) is 0. The van der Waals surface area contributed by atoms with Crippen molar-refractivity contribution in [2.45, 2.75) is 50.0 Å². The first-order valence-corrected chi connectivity index (χ1v) is 20.5. The number of hydrogen-bond donors (Lipinski definition) is 1. The number of nitrogens with one attached hydrogen (secondary N) is 1. The zero-order valence-electron chi connectivity index (χ0n) is 31.6. The van der Waals surface area contributed by atoms with Gasteiger partial charge in [-0.1, -0.05) is 127 Å². The number of rotatable bonds is 5. The summed E-state index contributed by atoms with van der Waals surface area (Å²) in [4.78, 5) is 8.21. The quantitative estimate of drug-likeness (QED) is 0.195. The smallest absolute Gasteiger partial charge is 0.187 e. The Morgan fingerprint density at radius 3 is 2.47 bits per heavy atom. The van der Waals surface area contributed by atoms with Crippen LogP contribution in [0, 0.1) is 5.92 Å². The monoisotopic (exact) mass is 738 g/mol. The number of aromatic nitrogens is 1. The summed E-state index contributed by atoms with van der Waals surface area (Å²) in [6.45, 7) is 0. The summed E-state index contributed by atoms with van der Waals surface area (Å²) in [6, 6.07) is 34.3. The summed E-state index contributed by atoms with van der Waals surface area (Å²) < 4.78 is 9.26. The van der Waals surface area contributed by atoms with Crippen molar-refractivity contribution in [3.8, 4) is 0 Å². The van der Waals surface area contributed by atoms with E-state index in [1.807, 2.05) is 0 Å². The van der Waals surface area contributed by atoms with Gasteiger partial charge in [-0.2, -0.15) is 0 Å². The van der Waals surface area contributed by atoms with Gasteiger partial charge in [-0.15, -0.1) is 0 Å². The fourth-order valence-corrected chi connectivity index (χ4v) is 10.2. The van der Waals surface area contributed by atoms with Crippen molar-refractivity contribution in [2.75, 3.05) is 4.90 Å². The van der Waals surface area contributed by atoms with Gasteiger partial charge >= 0.3 is 0 Å². The van der Waals surface area contributed by atoms with Crippen molar-refractivity contribution in [1.29, 1.82) is 0 Å². The molecule has 0 amide bonds. The number of benzene rings is 4. The van der Waals surface area contributed by atoms with Crippen LogP contribution in [-0.4, -0.2) is 28.6 Å². The molecule has 0 fully saturated rings. The highest BCUT2D eigenvalue weighted by Crippen LogP contribution is 2.49. The van der Waals surface area contributed by atoms with Crippen LogP contribution in [0.15, 0.2) is 186 Å². The molecule has 0 spiro atoms.